The molecule has 0 spiro atoms. The molecule has 12 aromatic rings. The van der Waals surface area contributed by atoms with Crippen LogP contribution in [0, 0.1) is 0 Å². The first-order chi connectivity index (χ1) is 28.2. The van der Waals surface area contributed by atoms with E-state index in [1.807, 2.05) is 42.5 Å². The molecule has 0 radical (unpaired) electrons. The molecule has 5 heteroatoms. The highest BCUT2D eigenvalue weighted by Gasteiger charge is 2.22. The van der Waals surface area contributed by atoms with Gasteiger partial charge in [0.2, 0.25) is 0 Å². The van der Waals surface area contributed by atoms with Gasteiger partial charge in [-0.15, -0.1) is 0 Å². The Morgan fingerprint density at radius 1 is 0.386 bits per heavy atom. The van der Waals surface area contributed by atoms with Gasteiger partial charge in [0.15, 0.2) is 11.4 Å². The molecule has 0 fully saturated rings. The first kappa shape index (κ1) is 31.6. The SMILES string of the molecule is c1ccc(-c2ccc3oc4c(-c5ccccc5)nc(-c5cccc6oc7ccc(-c8ccc9c(c8)c8ccccc8n9-c8ccccc8)cc7c56)nc4c3c2)cc1. The second-order valence-corrected chi connectivity index (χ2v) is 14.5. The molecule has 4 heterocycles. The van der Waals surface area contributed by atoms with E-state index in [1.54, 1.807) is 0 Å². The second-order valence-electron chi connectivity index (χ2n) is 14.5. The predicted octanol–water partition coefficient (Wildman–Crippen LogP) is 14.0. The van der Waals surface area contributed by atoms with Crippen LogP contribution in [0.1, 0.15) is 0 Å². The standard InChI is InChI=1S/C52H31N3O2/c1-4-13-32(14-5-1)34-24-28-46-42(31-34)50-51(57-46)49(33-15-6-2-7-16-33)53-52(54-50)39-20-12-22-47-48(39)41-30-36(25-27-45(41)56-47)35-23-26-44-40(29-35)38-19-10-11-21-43(38)55(44)37-17-8-3-9-18-37/h1-31H. The Hall–Kier alpha value is -7.76. The Bertz CT molecular complexity index is 3510. The van der Waals surface area contributed by atoms with Crippen molar-refractivity contribution in [1.29, 1.82) is 0 Å². The van der Waals surface area contributed by atoms with Crippen molar-refractivity contribution in [3.63, 3.8) is 0 Å². The number of nitrogens with zero attached hydrogens (tertiary/aromatic N) is 3. The maximum absolute atomic E-state index is 6.57. The molecule has 0 atom stereocenters. The van der Waals surface area contributed by atoms with Gasteiger partial charge in [-0.05, 0) is 82.9 Å². The molecule has 0 unspecified atom stereocenters. The summed E-state index contributed by atoms with van der Waals surface area (Å²) in [6.45, 7) is 0. The first-order valence-corrected chi connectivity index (χ1v) is 19.1. The van der Waals surface area contributed by atoms with Crippen LogP contribution in [0.4, 0.5) is 0 Å². The monoisotopic (exact) mass is 729 g/mol. The molecule has 8 aromatic carbocycles. The minimum Gasteiger partial charge on any atom is -0.456 e. The summed E-state index contributed by atoms with van der Waals surface area (Å²) < 4.78 is 15.4. The lowest BCUT2D eigenvalue weighted by Gasteiger charge is -2.08. The molecule has 4 aromatic heterocycles. The van der Waals surface area contributed by atoms with Crippen molar-refractivity contribution in [2.75, 3.05) is 0 Å². The van der Waals surface area contributed by atoms with Crippen molar-refractivity contribution in [2.24, 2.45) is 0 Å². The van der Waals surface area contributed by atoms with E-state index in [1.165, 1.54) is 21.8 Å². The topological polar surface area (TPSA) is 57.0 Å². The van der Waals surface area contributed by atoms with Crippen LogP contribution < -0.4 is 0 Å². The molecule has 0 aliphatic rings. The molecule has 0 saturated carbocycles. The van der Waals surface area contributed by atoms with Gasteiger partial charge in [-0.3, -0.25) is 0 Å². The summed E-state index contributed by atoms with van der Waals surface area (Å²) in [7, 11) is 0. The Morgan fingerprint density at radius 2 is 1.00 bits per heavy atom. The fraction of sp³-hybridized carbons (Fsp3) is 0. The quantitative estimate of drug-likeness (QED) is 0.177. The van der Waals surface area contributed by atoms with Crippen LogP contribution in [0.2, 0.25) is 0 Å². The summed E-state index contributed by atoms with van der Waals surface area (Å²) in [4.78, 5) is 10.6. The highest BCUT2D eigenvalue weighted by molar-refractivity contribution is 6.15. The summed E-state index contributed by atoms with van der Waals surface area (Å²) in [6, 6.07) is 65.6. The lowest BCUT2D eigenvalue weighted by molar-refractivity contribution is 0.667. The summed E-state index contributed by atoms with van der Waals surface area (Å²) in [5, 5.41) is 5.37. The summed E-state index contributed by atoms with van der Waals surface area (Å²) in [5.41, 5.74) is 14.4. The van der Waals surface area contributed by atoms with Crippen LogP contribution in [0.15, 0.2) is 197 Å². The molecule has 12 rings (SSSR count). The molecule has 0 aliphatic heterocycles. The number of furan rings is 2. The van der Waals surface area contributed by atoms with E-state index in [2.05, 4.69) is 150 Å². The average molecular weight is 730 g/mol. The number of aromatic nitrogens is 3. The zero-order chi connectivity index (χ0) is 37.5. The Kier molecular flexibility index (Phi) is 6.86. The average Bonchev–Trinajstić information content (AvgIpc) is 3.96. The van der Waals surface area contributed by atoms with Crippen molar-refractivity contribution >= 4 is 65.8 Å². The number of para-hydroxylation sites is 2. The fourth-order valence-electron chi connectivity index (χ4n) is 8.57. The minimum absolute atomic E-state index is 0.614. The highest BCUT2D eigenvalue weighted by Crippen LogP contribution is 2.42. The maximum Gasteiger partial charge on any atom is 0.180 e. The molecule has 0 bridgehead atoms. The summed E-state index contributed by atoms with van der Waals surface area (Å²) in [5.74, 6) is 0.614. The zero-order valence-corrected chi connectivity index (χ0v) is 30.6. The van der Waals surface area contributed by atoms with Gasteiger partial charge < -0.3 is 13.4 Å². The van der Waals surface area contributed by atoms with E-state index in [0.717, 1.165) is 83.2 Å². The van der Waals surface area contributed by atoms with E-state index in [0.29, 0.717) is 11.4 Å². The smallest absolute Gasteiger partial charge is 0.180 e. The molecule has 5 nitrogen and oxygen atoms in total. The molecule has 266 valence electrons. The summed E-state index contributed by atoms with van der Waals surface area (Å²) in [6.07, 6.45) is 0. The minimum atomic E-state index is 0.614. The molecular weight excluding hydrogens is 699 g/mol. The fourth-order valence-corrected chi connectivity index (χ4v) is 8.57. The number of rotatable bonds is 5. The molecule has 0 N–H and O–H groups in total. The first-order valence-electron chi connectivity index (χ1n) is 19.1. The third kappa shape index (κ3) is 4.96. The van der Waals surface area contributed by atoms with E-state index in [9.17, 15) is 0 Å². The van der Waals surface area contributed by atoms with Crippen LogP contribution in [0.3, 0.4) is 0 Å². The van der Waals surface area contributed by atoms with Gasteiger partial charge in [0.1, 0.15) is 28.0 Å². The van der Waals surface area contributed by atoms with Gasteiger partial charge >= 0.3 is 0 Å². The predicted molar refractivity (Wildman–Crippen MR) is 233 cm³/mol. The van der Waals surface area contributed by atoms with Gasteiger partial charge in [0, 0.05) is 43.7 Å². The molecule has 0 saturated heterocycles. The lowest BCUT2D eigenvalue weighted by atomic mass is 9.99. The van der Waals surface area contributed by atoms with Crippen molar-refractivity contribution in [3.8, 4) is 50.6 Å². The normalized spacial score (nSPS) is 11.9. The number of fused-ring (bicyclic) bond motifs is 9. The van der Waals surface area contributed by atoms with Crippen molar-refractivity contribution < 1.29 is 8.83 Å². The second kappa shape index (κ2) is 12.4. The van der Waals surface area contributed by atoms with Crippen LogP contribution >= 0.6 is 0 Å². The largest absolute Gasteiger partial charge is 0.456 e. The van der Waals surface area contributed by atoms with Gasteiger partial charge in [0.05, 0.1) is 11.0 Å². The van der Waals surface area contributed by atoms with Gasteiger partial charge in [-0.25, -0.2) is 9.97 Å². The third-order valence-corrected chi connectivity index (χ3v) is 11.2. The van der Waals surface area contributed by atoms with E-state index in [-0.39, 0.29) is 0 Å². The Morgan fingerprint density at radius 3 is 1.79 bits per heavy atom. The Balaban J connectivity index is 1.06. The lowest BCUT2D eigenvalue weighted by Crippen LogP contribution is -1.94. The van der Waals surface area contributed by atoms with Crippen LogP contribution in [0.25, 0.3) is 116 Å². The van der Waals surface area contributed by atoms with Gasteiger partial charge in [-0.1, -0.05) is 127 Å². The van der Waals surface area contributed by atoms with Crippen LogP contribution in [0.5, 0.6) is 0 Å². The van der Waals surface area contributed by atoms with Crippen molar-refractivity contribution in [3.05, 3.63) is 188 Å². The Labute approximate surface area is 326 Å². The number of hydrogen-bond donors (Lipinski definition) is 0. The molecule has 57 heavy (non-hydrogen) atoms. The van der Waals surface area contributed by atoms with Crippen LogP contribution in [-0.4, -0.2) is 14.5 Å². The molecular formula is C52H31N3O2. The zero-order valence-electron chi connectivity index (χ0n) is 30.6. The van der Waals surface area contributed by atoms with E-state index < -0.39 is 0 Å². The number of hydrogen-bond acceptors (Lipinski definition) is 4. The van der Waals surface area contributed by atoms with E-state index in [4.69, 9.17) is 18.8 Å². The van der Waals surface area contributed by atoms with Crippen molar-refractivity contribution in [2.45, 2.75) is 0 Å². The van der Waals surface area contributed by atoms with Gasteiger partial charge in [0.25, 0.3) is 0 Å². The number of benzene rings is 8. The molecule has 0 amide bonds. The molecule has 0 aliphatic carbocycles. The third-order valence-electron chi connectivity index (χ3n) is 11.2. The van der Waals surface area contributed by atoms with E-state index >= 15 is 0 Å². The van der Waals surface area contributed by atoms with Crippen LogP contribution in [-0.2, 0) is 0 Å². The maximum atomic E-state index is 6.57. The highest BCUT2D eigenvalue weighted by atomic mass is 16.3. The van der Waals surface area contributed by atoms with Crippen molar-refractivity contribution in [1.82, 2.24) is 14.5 Å². The van der Waals surface area contributed by atoms with Gasteiger partial charge in [-0.2, -0.15) is 0 Å². The summed E-state index contributed by atoms with van der Waals surface area (Å²) >= 11 is 0.